The molecule has 3 aromatic rings. The number of hydrogen-bond acceptors (Lipinski definition) is 6. The van der Waals surface area contributed by atoms with Crippen molar-refractivity contribution in [1.29, 1.82) is 0 Å². The molecule has 0 bridgehead atoms. The van der Waals surface area contributed by atoms with Crippen molar-refractivity contribution in [2.24, 2.45) is 5.10 Å². The third kappa shape index (κ3) is 7.14. The number of hydrazone groups is 1. The van der Waals surface area contributed by atoms with Crippen LogP contribution in [-0.4, -0.2) is 45.1 Å². The summed E-state index contributed by atoms with van der Waals surface area (Å²) in [4.78, 5) is 12.7. The van der Waals surface area contributed by atoms with E-state index in [1.165, 1.54) is 25.5 Å². The van der Waals surface area contributed by atoms with Gasteiger partial charge in [-0.15, -0.1) is 0 Å². The van der Waals surface area contributed by atoms with Gasteiger partial charge in [0.05, 0.1) is 31.4 Å². The fraction of sp³-hybridized carbons (Fsp3) is 0.231. The number of amides is 1. The van der Waals surface area contributed by atoms with Crippen molar-refractivity contribution in [2.45, 2.75) is 25.3 Å². The SMILES string of the molecule is CCOc1ccc(C=NNC(=O)CN(Cc2ccccc2)S(=O)(=O)c2ccc(OC)c(C)c2)cc1. The minimum absolute atomic E-state index is 0.0320. The highest BCUT2D eigenvalue weighted by atomic mass is 32.2. The summed E-state index contributed by atoms with van der Waals surface area (Å²) < 4.78 is 38.7. The summed E-state index contributed by atoms with van der Waals surface area (Å²) in [7, 11) is -2.45. The van der Waals surface area contributed by atoms with Gasteiger partial charge in [-0.05, 0) is 73.0 Å². The Balaban J connectivity index is 1.76. The van der Waals surface area contributed by atoms with Gasteiger partial charge in [-0.1, -0.05) is 30.3 Å². The zero-order valence-electron chi connectivity index (χ0n) is 20.0. The largest absolute Gasteiger partial charge is 0.496 e. The average molecular weight is 496 g/mol. The summed E-state index contributed by atoms with van der Waals surface area (Å²) in [5, 5.41) is 3.97. The van der Waals surface area contributed by atoms with Gasteiger partial charge in [0.2, 0.25) is 10.0 Å². The summed E-state index contributed by atoms with van der Waals surface area (Å²) >= 11 is 0. The van der Waals surface area contributed by atoms with Gasteiger partial charge in [0, 0.05) is 6.54 Å². The van der Waals surface area contributed by atoms with E-state index in [0.717, 1.165) is 21.2 Å². The molecular formula is C26H29N3O5S. The Morgan fingerprint density at radius 1 is 1.06 bits per heavy atom. The Bertz CT molecular complexity index is 1260. The van der Waals surface area contributed by atoms with Crippen LogP contribution in [0.4, 0.5) is 0 Å². The number of sulfonamides is 1. The second-order valence-corrected chi connectivity index (χ2v) is 9.62. The Labute approximate surface area is 206 Å². The predicted molar refractivity (Wildman–Crippen MR) is 135 cm³/mol. The molecule has 1 N–H and O–H groups in total. The number of methoxy groups -OCH3 is 1. The van der Waals surface area contributed by atoms with E-state index in [-0.39, 0.29) is 11.4 Å². The molecule has 0 saturated heterocycles. The van der Waals surface area contributed by atoms with E-state index < -0.39 is 22.5 Å². The van der Waals surface area contributed by atoms with Gasteiger partial charge in [-0.3, -0.25) is 4.79 Å². The summed E-state index contributed by atoms with van der Waals surface area (Å²) in [6.07, 6.45) is 1.48. The van der Waals surface area contributed by atoms with Crippen molar-refractivity contribution in [2.75, 3.05) is 20.3 Å². The minimum atomic E-state index is -3.98. The first kappa shape index (κ1) is 25.9. The van der Waals surface area contributed by atoms with Crippen LogP contribution in [0.15, 0.2) is 82.8 Å². The van der Waals surface area contributed by atoms with Gasteiger partial charge in [-0.25, -0.2) is 13.8 Å². The first-order valence-corrected chi connectivity index (χ1v) is 12.5. The zero-order valence-corrected chi connectivity index (χ0v) is 20.8. The molecular weight excluding hydrogens is 466 g/mol. The topological polar surface area (TPSA) is 97.3 Å². The maximum atomic E-state index is 13.5. The third-order valence-corrected chi connectivity index (χ3v) is 6.91. The number of carbonyl (C=O) groups excluding carboxylic acids is 1. The highest BCUT2D eigenvalue weighted by molar-refractivity contribution is 7.89. The van der Waals surface area contributed by atoms with Crippen molar-refractivity contribution in [3.05, 3.63) is 89.5 Å². The molecule has 0 aromatic heterocycles. The maximum absolute atomic E-state index is 13.5. The van der Waals surface area contributed by atoms with Crippen molar-refractivity contribution in [1.82, 2.24) is 9.73 Å². The number of aryl methyl sites for hydroxylation is 1. The summed E-state index contributed by atoms with van der Waals surface area (Å²) in [6.45, 7) is 3.87. The molecule has 3 aromatic carbocycles. The van der Waals surface area contributed by atoms with E-state index in [4.69, 9.17) is 9.47 Å². The second-order valence-electron chi connectivity index (χ2n) is 7.69. The van der Waals surface area contributed by atoms with Crippen LogP contribution >= 0.6 is 0 Å². The first-order valence-electron chi connectivity index (χ1n) is 11.1. The first-order chi connectivity index (χ1) is 16.8. The molecule has 0 spiro atoms. The molecule has 0 unspecified atom stereocenters. The van der Waals surface area contributed by atoms with Crippen LogP contribution in [0.3, 0.4) is 0 Å². The van der Waals surface area contributed by atoms with Crippen molar-refractivity contribution >= 4 is 22.1 Å². The van der Waals surface area contributed by atoms with Gasteiger partial charge >= 0.3 is 0 Å². The van der Waals surface area contributed by atoms with Crippen LogP contribution in [0, 0.1) is 6.92 Å². The summed E-state index contributed by atoms with van der Waals surface area (Å²) in [5.41, 5.74) is 4.61. The van der Waals surface area contributed by atoms with Crippen LogP contribution in [0.2, 0.25) is 0 Å². The molecule has 184 valence electrons. The van der Waals surface area contributed by atoms with Crippen LogP contribution in [0.25, 0.3) is 0 Å². The third-order valence-electron chi connectivity index (χ3n) is 5.12. The van der Waals surface area contributed by atoms with Gasteiger partial charge in [0.25, 0.3) is 5.91 Å². The lowest BCUT2D eigenvalue weighted by atomic mass is 10.2. The van der Waals surface area contributed by atoms with Crippen LogP contribution in [-0.2, 0) is 21.4 Å². The number of carbonyl (C=O) groups is 1. The van der Waals surface area contributed by atoms with E-state index >= 15 is 0 Å². The van der Waals surface area contributed by atoms with Crippen molar-refractivity contribution in [3.63, 3.8) is 0 Å². The monoisotopic (exact) mass is 495 g/mol. The number of ether oxygens (including phenoxy) is 2. The molecule has 0 fully saturated rings. The van der Waals surface area contributed by atoms with Crippen molar-refractivity contribution < 1.29 is 22.7 Å². The fourth-order valence-electron chi connectivity index (χ4n) is 3.36. The molecule has 35 heavy (non-hydrogen) atoms. The average Bonchev–Trinajstić information content (AvgIpc) is 2.85. The number of benzene rings is 3. The van der Waals surface area contributed by atoms with E-state index in [2.05, 4.69) is 10.5 Å². The lowest BCUT2D eigenvalue weighted by molar-refractivity contribution is -0.121. The Hall–Kier alpha value is -3.69. The van der Waals surface area contributed by atoms with E-state index in [1.54, 1.807) is 37.3 Å². The predicted octanol–water partition coefficient (Wildman–Crippen LogP) is 3.74. The molecule has 0 aliphatic heterocycles. The molecule has 0 heterocycles. The minimum Gasteiger partial charge on any atom is -0.496 e. The quantitative estimate of drug-likeness (QED) is 0.323. The Morgan fingerprint density at radius 3 is 2.40 bits per heavy atom. The lowest BCUT2D eigenvalue weighted by Crippen LogP contribution is -2.39. The van der Waals surface area contributed by atoms with Crippen LogP contribution < -0.4 is 14.9 Å². The maximum Gasteiger partial charge on any atom is 0.255 e. The fourth-order valence-corrected chi connectivity index (χ4v) is 4.83. The normalized spacial score (nSPS) is 11.5. The summed E-state index contributed by atoms with van der Waals surface area (Å²) in [5.74, 6) is 0.765. The van der Waals surface area contributed by atoms with Gasteiger partial charge in [0.15, 0.2) is 0 Å². The smallest absolute Gasteiger partial charge is 0.255 e. The number of nitrogens with zero attached hydrogens (tertiary/aromatic N) is 2. The molecule has 0 radical (unpaired) electrons. The molecule has 9 heteroatoms. The van der Waals surface area contributed by atoms with Crippen LogP contribution in [0.5, 0.6) is 11.5 Å². The Kier molecular flexibility index (Phi) is 8.99. The van der Waals surface area contributed by atoms with Gasteiger partial charge in [0.1, 0.15) is 11.5 Å². The van der Waals surface area contributed by atoms with E-state index in [1.807, 2.05) is 37.3 Å². The molecule has 0 saturated carbocycles. The molecule has 0 aliphatic carbocycles. The summed E-state index contributed by atoms with van der Waals surface area (Å²) in [6, 6.07) is 20.9. The number of rotatable bonds is 11. The highest BCUT2D eigenvalue weighted by Gasteiger charge is 2.27. The molecule has 8 nitrogen and oxygen atoms in total. The van der Waals surface area contributed by atoms with E-state index in [0.29, 0.717) is 17.9 Å². The molecule has 1 amide bonds. The lowest BCUT2D eigenvalue weighted by Gasteiger charge is -2.22. The van der Waals surface area contributed by atoms with Crippen LogP contribution in [0.1, 0.15) is 23.6 Å². The van der Waals surface area contributed by atoms with Gasteiger partial charge in [-0.2, -0.15) is 9.41 Å². The zero-order chi connectivity index (χ0) is 25.3. The van der Waals surface area contributed by atoms with E-state index in [9.17, 15) is 13.2 Å². The molecule has 0 atom stereocenters. The molecule has 3 rings (SSSR count). The standard InChI is InChI=1S/C26H29N3O5S/c1-4-34-23-12-10-21(11-13-23)17-27-28-26(30)19-29(18-22-8-6-5-7-9-22)35(31,32)24-14-15-25(33-3)20(2)16-24/h5-17H,4,18-19H2,1-3H3,(H,28,30). The highest BCUT2D eigenvalue weighted by Crippen LogP contribution is 2.24. The van der Waals surface area contributed by atoms with Crippen molar-refractivity contribution in [3.8, 4) is 11.5 Å². The van der Waals surface area contributed by atoms with Gasteiger partial charge < -0.3 is 9.47 Å². The molecule has 0 aliphatic rings. The second kappa shape index (κ2) is 12.1. The Morgan fingerprint density at radius 2 is 1.77 bits per heavy atom. The number of hydrogen-bond donors (Lipinski definition) is 1. The number of nitrogens with one attached hydrogen (secondary N) is 1.